The second-order valence-electron chi connectivity index (χ2n) is 8.27. The van der Waals surface area contributed by atoms with Gasteiger partial charge in [0.25, 0.3) is 0 Å². The highest BCUT2D eigenvalue weighted by Crippen LogP contribution is 2.27. The minimum Gasteiger partial charge on any atom is -0.375 e. The quantitative estimate of drug-likeness (QED) is 0.861. The van der Waals surface area contributed by atoms with E-state index in [1.807, 2.05) is 37.6 Å². The lowest BCUT2D eigenvalue weighted by atomic mass is 9.84. The van der Waals surface area contributed by atoms with Crippen molar-refractivity contribution in [3.63, 3.8) is 0 Å². The number of aryl methyl sites for hydroxylation is 1. The molecule has 0 bridgehead atoms. The molecule has 0 radical (unpaired) electrons. The van der Waals surface area contributed by atoms with Crippen LogP contribution in [0.15, 0.2) is 18.6 Å². The average molecular weight is 327 g/mol. The second kappa shape index (κ2) is 6.46. The first-order chi connectivity index (χ1) is 11.0. The van der Waals surface area contributed by atoms with E-state index in [0.29, 0.717) is 0 Å². The average Bonchev–Trinajstić information content (AvgIpc) is 2.48. The number of anilines is 1. The summed E-state index contributed by atoms with van der Waals surface area (Å²) in [5, 5.41) is 0. The van der Waals surface area contributed by atoms with E-state index >= 15 is 0 Å². The summed E-state index contributed by atoms with van der Waals surface area (Å²) in [7, 11) is 3.97. The molecule has 0 aromatic carbocycles. The monoisotopic (exact) mass is 327 g/mol. The Bertz CT molecular complexity index is 697. The van der Waals surface area contributed by atoms with Gasteiger partial charge in [0.15, 0.2) is 0 Å². The Labute approximate surface area is 145 Å². The standard InChI is InChI=1S/C19H29N5/c1-13-14(10-20-16(23-13)18(2,3)4)9-19(5,6)17-21-11-15(12-22-17)24(7)8/h10-12H,9H2,1-8H3. The Balaban J connectivity index is 2.25. The van der Waals surface area contributed by atoms with Gasteiger partial charge >= 0.3 is 0 Å². The van der Waals surface area contributed by atoms with Gasteiger partial charge in [-0.15, -0.1) is 0 Å². The molecule has 0 amide bonds. The summed E-state index contributed by atoms with van der Waals surface area (Å²) in [4.78, 5) is 20.4. The lowest BCUT2D eigenvalue weighted by molar-refractivity contribution is 0.480. The first-order valence-corrected chi connectivity index (χ1v) is 8.33. The van der Waals surface area contributed by atoms with E-state index in [1.54, 1.807) is 0 Å². The summed E-state index contributed by atoms with van der Waals surface area (Å²) in [6.07, 6.45) is 6.51. The second-order valence-corrected chi connectivity index (χ2v) is 8.27. The van der Waals surface area contributed by atoms with Crippen molar-refractivity contribution >= 4 is 5.69 Å². The van der Waals surface area contributed by atoms with Crippen molar-refractivity contribution in [2.24, 2.45) is 0 Å². The van der Waals surface area contributed by atoms with Crippen LogP contribution in [0.1, 0.15) is 57.5 Å². The molecular formula is C19H29N5. The van der Waals surface area contributed by atoms with Crippen molar-refractivity contribution in [2.45, 2.75) is 58.8 Å². The van der Waals surface area contributed by atoms with Gasteiger partial charge in [-0.3, -0.25) is 0 Å². The SMILES string of the molecule is Cc1nc(C(C)(C)C)ncc1CC(C)(C)c1ncc(N(C)C)cn1. The summed E-state index contributed by atoms with van der Waals surface area (Å²) < 4.78 is 0. The summed E-state index contributed by atoms with van der Waals surface area (Å²) in [5.74, 6) is 1.72. The number of hydrogen-bond acceptors (Lipinski definition) is 5. The van der Waals surface area contributed by atoms with Gasteiger partial charge in [-0.25, -0.2) is 19.9 Å². The van der Waals surface area contributed by atoms with E-state index in [2.05, 4.69) is 56.5 Å². The molecule has 0 atom stereocenters. The zero-order valence-electron chi connectivity index (χ0n) is 16.2. The van der Waals surface area contributed by atoms with Crippen LogP contribution in [-0.2, 0) is 17.3 Å². The fourth-order valence-electron chi connectivity index (χ4n) is 2.48. The fraction of sp³-hybridized carbons (Fsp3) is 0.579. The van der Waals surface area contributed by atoms with Crippen molar-refractivity contribution in [1.82, 2.24) is 19.9 Å². The van der Waals surface area contributed by atoms with Gasteiger partial charge in [0.1, 0.15) is 11.6 Å². The molecule has 0 saturated heterocycles. The normalized spacial score (nSPS) is 12.3. The molecule has 0 unspecified atom stereocenters. The predicted octanol–water partition coefficient (Wildman–Crippen LogP) is 3.46. The molecule has 0 aliphatic heterocycles. The van der Waals surface area contributed by atoms with Crippen LogP contribution in [0.4, 0.5) is 5.69 Å². The highest BCUT2D eigenvalue weighted by atomic mass is 15.1. The third-order valence-corrected chi connectivity index (χ3v) is 4.14. The van der Waals surface area contributed by atoms with Crippen LogP contribution in [0.5, 0.6) is 0 Å². The first-order valence-electron chi connectivity index (χ1n) is 8.33. The van der Waals surface area contributed by atoms with Crippen molar-refractivity contribution in [1.29, 1.82) is 0 Å². The van der Waals surface area contributed by atoms with Crippen LogP contribution >= 0.6 is 0 Å². The molecular weight excluding hydrogens is 298 g/mol. The number of aromatic nitrogens is 4. The molecule has 0 saturated carbocycles. The van der Waals surface area contributed by atoms with Gasteiger partial charge < -0.3 is 4.90 Å². The predicted molar refractivity (Wildman–Crippen MR) is 98.6 cm³/mol. The van der Waals surface area contributed by atoms with E-state index in [0.717, 1.165) is 35.0 Å². The smallest absolute Gasteiger partial charge is 0.134 e. The van der Waals surface area contributed by atoms with Crippen molar-refractivity contribution < 1.29 is 0 Å². The molecule has 0 N–H and O–H groups in total. The molecule has 24 heavy (non-hydrogen) atoms. The number of hydrogen-bond donors (Lipinski definition) is 0. The van der Waals surface area contributed by atoms with Crippen molar-refractivity contribution in [3.8, 4) is 0 Å². The zero-order chi connectivity index (χ0) is 18.1. The molecule has 0 fully saturated rings. The molecule has 2 aromatic heterocycles. The number of nitrogens with zero attached hydrogens (tertiary/aromatic N) is 5. The Morgan fingerprint density at radius 2 is 1.42 bits per heavy atom. The van der Waals surface area contributed by atoms with Crippen LogP contribution in [-0.4, -0.2) is 34.0 Å². The van der Waals surface area contributed by atoms with Gasteiger partial charge in [0.05, 0.1) is 18.1 Å². The van der Waals surface area contributed by atoms with Crippen LogP contribution in [0.2, 0.25) is 0 Å². The lowest BCUT2D eigenvalue weighted by Gasteiger charge is -2.25. The molecule has 130 valence electrons. The maximum absolute atomic E-state index is 4.70. The fourth-order valence-corrected chi connectivity index (χ4v) is 2.48. The van der Waals surface area contributed by atoms with Crippen molar-refractivity contribution in [3.05, 3.63) is 41.5 Å². The topological polar surface area (TPSA) is 54.8 Å². The molecule has 2 rings (SSSR count). The molecule has 2 heterocycles. The Morgan fingerprint density at radius 1 is 0.875 bits per heavy atom. The summed E-state index contributed by atoms with van der Waals surface area (Å²) in [6.45, 7) is 12.8. The lowest BCUT2D eigenvalue weighted by Crippen LogP contribution is -2.25. The molecule has 0 aliphatic rings. The van der Waals surface area contributed by atoms with Crippen LogP contribution < -0.4 is 4.90 Å². The summed E-state index contributed by atoms with van der Waals surface area (Å²) in [6, 6.07) is 0. The van der Waals surface area contributed by atoms with Crippen LogP contribution in [0.3, 0.4) is 0 Å². The Kier molecular flexibility index (Phi) is 4.92. The maximum Gasteiger partial charge on any atom is 0.134 e. The van der Waals surface area contributed by atoms with Gasteiger partial charge in [-0.2, -0.15) is 0 Å². The molecule has 2 aromatic rings. The molecule has 5 nitrogen and oxygen atoms in total. The van der Waals surface area contributed by atoms with Gasteiger partial charge in [-0.1, -0.05) is 34.6 Å². The molecule has 0 aliphatic carbocycles. The number of rotatable bonds is 4. The third-order valence-electron chi connectivity index (χ3n) is 4.14. The molecule has 0 spiro atoms. The maximum atomic E-state index is 4.70. The minimum absolute atomic E-state index is 0.0378. The highest BCUT2D eigenvalue weighted by molar-refractivity contribution is 5.40. The van der Waals surface area contributed by atoms with Gasteiger partial charge in [0, 0.05) is 36.8 Å². The van der Waals surface area contributed by atoms with E-state index in [9.17, 15) is 0 Å². The zero-order valence-corrected chi connectivity index (χ0v) is 16.2. The van der Waals surface area contributed by atoms with E-state index in [1.165, 1.54) is 0 Å². The first kappa shape index (κ1) is 18.3. The Morgan fingerprint density at radius 3 is 1.88 bits per heavy atom. The highest BCUT2D eigenvalue weighted by Gasteiger charge is 2.26. The van der Waals surface area contributed by atoms with Crippen molar-refractivity contribution in [2.75, 3.05) is 19.0 Å². The molecule has 5 heteroatoms. The Hall–Kier alpha value is -2.04. The van der Waals surface area contributed by atoms with Gasteiger partial charge in [0.2, 0.25) is 0 Å². The minimum atomic E-state index is -0.178. The summed E-state index contributed by atoms with van der Waals surface area (Å²) >= 11 is 0. The third kappa shape index (κ3) is 4.08. The van der Waals surface area contributed by atoms with E-state index in [-0.39, 0.29) is 10.8 Å². The largest absolute Gasteiger partial charge is 0.375 e. The van der Waals surface area contributed by atoms with Gasteiger partial charge in [-0.05, 0) is 18.9 Å². The van der Waals surface area contributed by atoms with Crippen LogP contribution in [0.25, 0.3) is 0 Å². The summed E-state index contributed by atoms with van der Waals surface area (Å²) in [5.41, 5.74) is 2.97. The van der Waals surface area contributed by atoms with E-state index < -0.39 is 0 Å². The van der Waals surface area contributed by atoms with Crippen LogP contribution in [0, 0.1) is 6.92 Å². The van der Waals surface area contributed by atoms with E-state index in [4.69, 9.17) is 4.98 Å².